The number of ether oxygens (including phenoxy) is 4. The van der Waals surface area contributed by atoms with Gasteiger partial charge in [-0.3, -0.25) is 14.5 Å². The predicted octanol–water partition coefficient (Wildman–Crippen LogP) is 5.55. The molecular formula is C30H36N2O6S. The number of amides is 2. The normalized spacial score (nSPS) is 14.3. The van der Waals surface area contributed by atoms with Crippen molar-refractivity contribution in [3.05, 3.63) is 64.4 Å². The Hall–Kier alpha value is -3.72. The lowest BCUT2D eigenvalue weighted by Crippen LogP contribution is -2.47. The van der Waals surface area contributed by atoms with Crippen LogP contribution in [0.5, 0.6) is 23.0 Å². The van der Waals surface area contributed by atoms with Crippen LogP contribution in [0.25, 0.3) is 0 Å². The monoisotopic (exact) mass is 552 g/mol. The average molecular weight is 553 g/mol. The summed E-state index contributed by atoms with van der Waals surface area (Å²) in [4.78, 5) is 30.7. The average Bonchev–Trinajstić information content (AvgIpc) is 3.48. The van der Waals surface area contributed by atoms with Crippen LogP contribution in [-0.4, -0.2) is 46.3 Å². The van der Waals surface area contributed by atoms with E-state index in [0.29, 0.717) is 34.2 Å². The second-order valence-electron chi connectivity index (χ2n) is 9.45. The van der Waals surface area contributed by atoms with Crippen molar-refractivity contribution in [3.63, 3.8) is 0 Å². The van der Waals surface area contributed by atoms with Gasteiger partial charge in [-0.05, 0) is 42.0 Å². The number of benzene rings is 2. The van der Waals surface area contributed by atoms with E-state index in [4.69, 9.17) is 18.9 Å². The number of rotatable bonds is 11. The Bertz CT molecular complexity index is 1230. The topological polar surface area (TPSA) is 86.3 Å². The molecule has 0 saturated heterocycles. The Morgan fingerprint density at radius 1 is 0.897 bits per heavy atom. The van der Waals surface area contributed by atoms with Crippen molar-refractivity contribution < 1.29 is 28.5 Å². The molecule has 0 unspecified atom stereocenters. The van der Waals surface area contributed by atoms with Gasteiger partial charge in [0.2, 0.25) is 11.8 Å². The molecule has 1 aliphatic rings. The molecule has 208 valence electrons. The molecule has 0 bridgehead atoms. The summed E-state index contributed by atoms with van der Waals surface area (Å²) in [7, 11) is 6.21. The first kappa shape index (κ1) is 28.3. The van der Waals surface area contributed by atoms with Crippen LogP contribution in [-0.2, 0) is 16.0 Å². The van der Waals surface area contributed by atoms with Crippen molar-refractivity contribution in [2.75, 3.05) is 33.3 Å². The van der Waals surface area contributed by atoms with E-state index in [9.17, 15) is 9.59 Å². The van der Waals surface area contributed by atoms with Crippen LogP contribution in [0.15, 0.2) is 53.9 Å². The van der Waals surface area contributed by atoms with Crippen molar-refractivity contribution in [1.82, 2.24) is 5.32 Å². The van der Waals surface area contributed by atoms with E-state index in [-0.39, 0.29) is 24.3 Å². The van der Waals surface area contributed by atoms with E-state index in [1.807, 2.05) is 17.5 Å². The fourth-order valence-corrected chi connectivity index (χ4v) is 5.68. The summed E-state index contributed by atoms with van der Waals surface area (Å²) in [5, 5.41) is 5.17. The van der Waals surface area contributed by atoms with Gasteiger partial charge in [0, 0.05) is 29.1 Å². The van der Waals surface area contributed by atoms with Crippen LogP contribution in [0.2, 0.25) is 0 Å². The minimum atomic E-state index is -0.976. The summed E-state index contributed by atoms with van der Waals surface area (Å²) in [6.07, 6.45) is 5.28. The highest BCUT2D eigenvalue weighted by Crippen LogP contribution is 2.38. The summed E-state index contributed by atoms with van der Waals surface area (Å²) < 4.78 is 22.0. The van der Waals surface area contributed by atoms with E-state index in [0.717, 1.165) is 30.6 Å². The predicted molar refractivity (Wildman–Crippen MR) is 152 cm³/mol. The maximum Gasteiger partial charge on any atom is 0.248 e. The van der Waals surface area contributed by atoms with Crippen molar-refractivity contribution in [3.8, 4) is 23.0 Å². The highest BCUT2D eigenvalue weighted by Gasteiger charge is 2.35. The molecule has 4 rings (SSSR count). The largest absolute Gasteiger partial charge is 0.497 e. The molecule has 39 heavy (non-hydrogen) atoms. The number of methoxy groups -OCH3 is 4. The van der Waals surface area contributed by atoms with Crippen LogP contribution in [0, 0.1) is 0 Å². The summed E-state index contributed by atoms with van der Waals surface area (Å²) in [5.41, 5.74) is 1.09. The standard InChI is InChI=1S/C30H36N2O6S/c1-35-23-16-22(17-24(18-23)36-2)32(28(33)19-25-11-8-14-39-25)29(30(34)31-21-9-6-5-7-10-21)20-12-13-26(37-3)27(15-20)38-4/h8,11-18,21,29H,5-7,9-10,19H2,1-4H3,(H,31,34)/t29-/m0/s1. The second kappa shape index (κ2) is 13.4. The maximum absolute atomic E-state index is 14.2. The summed E-state index contributed by atoms with van der Waals surface area (Å²) in [6.45, 7) is 0. The van der Waals surface area contributed by atoms with Crippen molar-refractivity contribution in [2.24, 2.45) is 0 Å². The fourth-order valence-electron chi connectivity index (χ4n) is 4.98. The molecule has 9 heteroatoms. The Kier molecular flexibility index (Phi) is 9.70. The molecule has 3 aromatic rings. The van der Waals surface area contributed by atoms with Crippen LogP contribution < -0.4 is 29.2 Å². The molecule has 2 amide bonds. The van der Waals surface area contributed by atoms with Crippen LogP contribution in [0.3, 0.4) is 0 Å². The van der Waals surface area contributed by atoms with Gasteiger partial charge in [-0.15, -0.1) is 11.3 Å². The zero-order valence-corrected chi connectivity index (χ0v) is 23.7. The third kappa shape index (κ3) is 6.84. The number of nitrogens with zero attached hydrogens (tertiary/aromatic N) is 1. The second-order valence-corrected chi connectivity index (χ2v) is 10.5. The third-order valence-electron chi connectivity index (χ3n) is 6.97. The number of hydrogen-bond donors (Lipinski definition) is 1. The first-order valence-corrected chi connectivity index (χ1v) is 13.9. The Morgan fingerprint density at radius 3 is 2.18 bits per heavy atom. The molecule has 1 saturated carbocycles. The first-order chi connectivity index (χ1) is 19.0. The number of thiophene rings is 1. The smallest absolute Gasteiger partial charge is 0.248 e. The molecule has 8 nitrogen and oxygen atoms in total. The highest BCUT2D eigenvalue weighted by atomic mass is 32.1. The van der Waals surface area contributed by atoms with E-state index in [1.165, 1.54) is 17.8 Å². The van der Waals surface area contributed by atoms with Gasteiger partial charge >= 0.3 is 0 Å². The minimum Gasteiger partial charge on any atom is -0.497 e. The lowest BCUT2D eigenvalue weighted by molar-refractivity contribution is -0.127. The molecule has 1 aromatic heterocycles. The van der Waals surface area contributed by atoms with E-state index in [2.05, 4.69) is 5.32 Å². The lowest BCUT2D eigenvalue weighted by Gasteiger charge is -2.34. The van der Waals surface area contributed by atoms with Crippen LogP contribution >= 0.6 is 11.3 Å². The van der Waals surface area contributed by atoms with Gasteiger partial charge in [0.05, 0.1) is 40.5 Å². The molecular weight excluding hydrogens is 516 g/mol. The van der Waals surface area contributed by atoms with Crippen molar-refractivity contribution in [2.45, 2.75) is 50.6 Å². The van der Waals surface area contributed by atoms with Crippen LogP contribution in [0.1, 0.15) is 48.6 Å². The number of carbonyl (C=O) groups excluding carboxylic acids is 2. The van der Waals surface area contributed by atoms with E-state index < -0.39 is 6.04 Å². The van der Waals surface area contributed by atoms with E-state index >= 15 is 0 Å². The maximum atomic E-state index is 14.2. The molecule has 2 aromatic carbocycles. The SMILES string of the molecule is COc1cc(OC)cc(N(C(=O)Cc2cccs2)[C@H](C(=O)NC2CCCCC2)c2ccc(OC)c(OC)c2)c1. The third-order valence-corrected chi connectivity index (χ3v) is 7.85. The van der Waals surface area contributed by atoms with Gasteiger partial charge in [0.25, 0.3) is 0 Å². The zero-order chi connectivity index (χ0) is 27.8. The zero-order valence-electron chi connectivity index (χ0n) is 22.9. The molecule has 0 spiro atoms. The Morgan fingerprint density at radius 2 is 1.59 bits per heavy atom. The molecule has 1 atom stereocenters. The molecule has 1 N–H and O–H groups in total. The fraction of sp³-hybridized carbons (Fsp3) is 0.400. The van der Waals surface area contributed by atoms with E-state index in [1.54, 1.807) is 69.7 Å². The van der Waals surface area contributed by atoms with Gasteiger partial charge in [0.15, 0.2) is 11.5 Å². The van der Waals surface area contributed by atoms with Crippen molar-refractivity contribution in [1.29, 1.82) is 0 Å². The van der Waals surface area contributed by atoms with Gasteiger partial charge in [0.1, 0.15) is 17.5 Å². The number of anilines is 1. The van der Waals surface area contributed by atoms with Crippen LogP contribution in [0.4, 0.5) is 5.69 Å². The summed E-state index contributed by atoms with van der Waals surface area (Å²) in [6, 6.07) is 13.4. The van der Waals surface area contributed by atoms with Gasteiger partial charge in [-0.25, -0.2) is 0 Å². The minimum absolute atomic E-state index is 0.0583. The summed E-state index contributed by atoms with van der Waals surface area (Å²) in [5.74, 6) is 1.54. The molecule has 1 heterocycles. The molecule has 1 aliphatic carbocycles. The number of nitrogens with one attached hydrogen (secondary N) is 1. The first-order valence-electron chi connectivity index (χ1n) is 13.1. The lowest BCUT2D eigenvalue weighted by atomic mass is 9.94. The van der Waals surface area contributed by atoms with Gasteiger partial charge < -0.3 is 24.3 Å². The quantitative estimate of drug-likeness (QED) is 0.336. The highest BCUT2D eigenvalue weighted by molar-refractivity contribution is 7.10. The Balaban J connectivity index is 1.86. The molecule has 0 aliphatic heterocycles. The summed E-state index contributed by atoms with van der Waals surface area (Å²) >= 11 is 1.50. The number of carbonyl (C=O) groups is 2. The van der Waals surface area contributed by atoms with Gasteiger partial charge in [-0.2, -0.15) is 0 Å². The molecule has 1 fully saturated rings. The number of hydrogen-bond acceptors (Lipinski definition) is 7. The Labute approximate surface area is 233 Å². The van der Waals surface area contributed by atoms with Crippen molar-refractivity contribution >= 4 is 28.8 Å². The van der Waals surface area contributed by atoms with Gasteiger partial charge in [-0.1, -0.05) is 31.4 Å². The molecule has 0 radical (unpaired) electrons.